The molecule has 0 radical (unpaired) electrons. The van der Waals surface area contributed by atoms with Crippen molar-refractivity contribution in [1.29, 1.82) is 0 Å². The number of rotatable bonds is 7. The Kier molecular flexibility index (Phi) is 6.62. The lowest BCUT2D eigenvalue weighted by atomic mass is 10.0. The predicted octanol–water partition coefficient (Wildman–Crippen LogP) is 3.51. The molecule has 0 spiro atoms. The van der Waals surface area contributed by atoms with Gasteiger partial charge in [0.2, 0.25) is 0 Å². The van der Waals surface area contributed by atoms with Crippen LogP contribution in [0.4, 0.5) is 20.3 Å². The molecule has 1 aromatic carbocycles. The highest BCUT2D eigenvalue weighted by Crippen LogP contribution is 2.24. The lowest BCUT2D eigenvalue weighted by Crippen LogP contribution is -2.42. The first kappa shape index (κ1) is 19.9. The minimum atomic E-state index is -2.82. The highest BCUT2D eigenvalue weighted by atomic mass is 19.3. The molecule has 1 atom stereocenters. The fraction of sp³-hybridized carbons (Fsp3) is 0.400. The number of carbonyl (C=O) groups is 1. The maximum Gasteiger partial charge on any atom is 0.387 e. The Balaban J connectivity index is 1.58. The maximum atomic E-state index is 12.3. The number of nitrogens with one attached hydrogen (secondary N) is 2. The molecule has 28 heavy (non-hydrogen) atoms. The van der Waals surface area contributed by atoms with Crippen LogP contribution in [0.1, 0.15) is 30.1 Å². The van der Waals surface area contributed by atoms with E-state index in [-0.39, 0.29) is 17.7 Å². The monoisotopic (exact) mass is 390 g/mol. The van der Waals surface area contributed by atoms with Crippen LogP contribution < -0.4 is 20.3 Å². The molecule has 1 aliphatic heterocycles. The Hall–Kier alpha value is -2.90. The molecule has 6 nitrogen and oxygen atoms in total. The maximum absolute atomic E-state index is 12.3. The number of hydrogen-bond donors (Lipinski definition) is 2. The molecule has 1 amide bonds. The van der Waals surface area contributed by atoms with Crippen molar-refractivity contribution >= 4 is 17.4 Å². The zero-order valence-corrected chi connectivity index (χ0v) is 15.7. The van der Waals surface area contributed by atoms with Gasteiger partial charge in [0.05, 0.1) is 5.56 Å². The van der Waals surface area contributed by atoms with Crippen LogP contribution in [0.25, 0.3) is 0 Å². The third-order valence-corrected chi connectivity index (χ3v) is 4.56. The van der Waals surface area contributed by atoms with E-state index in [4.69, 9.17) is 0 Å². The molecule has 3 rings (SSSR count). The Labute approximate surface area is 162 Å². The van der Waals surface area contributed by atoms with Crippen molar-refractivity contribution in [1.82, 2.24) is 10.3 Å². The van der Waals surface area contributed by atoms with E-state index < -0.39 is 6.61 Å². The molecule has 1 aliphatic rings. The quantitative estimate of drug-likeness (QED) is 0.757. The third-order valence-electron chi connectivity index (χ3n) is 4.56. The van der Waals surface area contributed by atoms with E-state index in [0.29, 0.717) is 12.1 Å². The minimum Gasteiger partial charge on any atom is -0.435 e. The van der Waals surface area contributed by atoms with Crippen molar-refractivity contribution in [2.75, 3.05) is 29.9 Å². The molecule has 1 fully saturated rings. The molecule has 150 valence electrons. The summed E-state index contributed by atoms with van der Waals surface area (Å²) in [5.41, 5.74) is 1.50. The molecular formula is C20H24F2N4O2. The smallest absolute Gasteiger partial charge is 0.387 e. The molecule has 2 heterocycles. The van der Waals surface area contributed by atoms with Gasteiger partial charge in [-0.3, -0.25) is 4.79 Å². The first-order valence-electron chi connectivity index (χ1n) is 9.35. The first-order valence-corrected chi connectivity index (χ1v) is 9.35. The molecular weight excluding hydrogens is 366 g/mol. The first-order chi connectivity index (χ1) is 13.5. The van der Waals surface area contributed by atoms with Crippen LogP contribution in [0.3, 0.4) is 0 Å². The summed E-state index contributed by atoms with van der Waals surface area (Å²) in [5.74, 6) is 0.743. The largest absolute Gasteiger partial charge is 0.435 e. The summed E-state index contributed by atoms with van der Waals surface area (Å²) in [6.45, 7) is 1.30. The highest BCUT2D eigenvalue weighted by Gasteiger charge is 2.20. The number of piperidine rings is 1. The molecule has 1 unspecified atom stereocenters. The molecule has 0 bridgehead atoms. The van der Waals surface area contributed by atoms with Crippen molar-refractivity contribution in [3.05, 3.63) is 48.2 Å². The predicted molar refractivity (Wildman–Crippen MR) is 104 cm³/mol. The van der Waals surface area contributed by atoms with Crippen LogP contribution in [0, 0.1) is 0 Å². The normalized spacial score (nSPS) is 16.7. The number of aromatic nitrogens is 1. The fourth-order valence-electron chi connectivity index (χ4n) is 3.25. The lowest BCUT2D eigenvalue weighted by molar-refractivity contribution is -0.0498. The van der Waals surface area contributed by atoms with Gasteiger partial charge in [-0.15, -0.1) is 0 Å². The van der Waals surface area contributed by atoms with Crippen LogP contribution in [0.2, 0.25) is 0 Å². The minimum absolute atomic E-state index is 0.135. The van der Waals surface area contributed by atoms with Crippen LogP contribution in [-0.4, -0.2) is 43.2 Å². The van der Waals surface area contributed by atoms with Crippen LogP contribution in [-0.2, 0) is 0 Å². The third kappa shape index (κ3) is 5.31. The van der Waals surface area contributed by atoms with Gasteiger partial charge in [0, 0.05) is 37.6 Å². The van der Waals surface area contributed by atoms with Gasteiger partial charge in [-0.1, -0.05) is 0 Å². The number of benzene rings is 1. The number of anilines is 2. The number of ether oxygens (including phenoxy) is 1. The van der Waals surface area contributed by atoms with E-state index in [0.717, 1.165) is 37.4 Å². The Bertz CT molecular complexity index is 769. The summed E-state index contributed by atoms with van der Waals surface area (Å²) in [4.78, 5) is 18.3. The van der Waals surface area contributed by atoms with Gasteiger partial charge >= 0.3 is 6.61 Å². The van der Waals surface area contributed by atoms with Gasteiger partial charge in [0.25, 0.3) is 5.91 Å². The zero-order valence-electron chi connectivity index (χ0n) is 15.7. The fourth-order valence-corrected chi connectivity index (χ4v) is 3.25. The topological polar surface area (TPSA) is 66.5 Å². The van der Waals surface area contributed by atoms with Crippen LogP contribution >= 0.6 is 0 Å². The Morgan fingerprint density at radius 2 is 2.07 bits per heavy atom. The average molecular weight is 390 g/mol. The number of alkyl halides is 2. The van der Waals surface area contributed by atoms with E-state index in [1.165, 1.54) is 0 Å². The number of amides is 1. The second kappa shape index (κ2) is 9.34. The second-order valence-electron chi connectivity index (χ2n) is 6.59. The second-order valence-corrected chi connectivity index (χ2v) is 6.59. The number of pyridine rings is 1. The van der Waals surface area contributed by atoms with E-state index in [9.17, 15) is 13.6 Å². The molecule has 1 saturated heterocycles. The number of hydrogen-bond acceptors (Lipinski definition) is 5. The number of carbonyl (C=O) groups excluding carboxylic acids is 1. The molecule has 2 N–H and O–H groups in total. The van der Waals surface area contributed by atoms with E-state index in [1.807, 2.05) is 6.92 Å². The summed E-state index contributed by atoms with van der Waals surface area (Å²) in [6.07, 6.45) is 3.57. The standard InChI is InChI=1S/C20H24F2N4O2/c1-2-23-19(27)14-5-10-18(24-12-14)25-15-4-3-11-26(13-15)16-6-8-17(9-7-16)28-20(21)22/h5-10,12,15,20H,2-4,11,13H2,1H3,(H,23,27)(H,24,25). The van der Waals surface area contributed by atoms with E-state index in [1.54, 1.807) is 42.6 Å². The summed E-state index contributed by atoms with van der Waals surface area (Å²) in [5, 5.41) is 6.15. The molecule has 2 aromatic rings. The number of nitrogens with zero attached hydrogens (tertiary/aromatic N) is 2. The van der Waals surface area contributed by atoms with E-state index in [2.05, 4.69) is 25.3 Å². The molecule has 1 aromatic heterocycles. The SMILES string of the molecule is CCNC(=O)c1ccc(NC2CCCN(c3ccc(OC(F)F)cc3)C2)nc1. The summed E-state index contributed by atoms with van der Waals surface area (Å²) in [6, 6.07) is 10.5. The summed E-state index contributed by atoms with van der Waals surface area (Å²) < 4.78 is 28.9. The Morgan fingerprint density at radius 1 is 1.29 bits per heavy atom. The van der Waals surface area contributed by atoms with Gasteiger partial charge < -0.3 is 20.3 Å². The van der Waals surface area contributed by atoms with Crippen LogP contribution in [0.15, 0.2) is 42.6 Å². The molecule has 0 aliphatic carbocycles. The summed E-state index contributed by atoms with van der Waals surface area (Å²) in [7, 11) is 0. The zero-order chi connectivity index (χ0) is 19.9. The van der Waals surface area contributed by atoms with Crippen molar-refractivity contribution in [2.45, 2.75) is 32.4 Å². The van der Waals surface area contributed by atoms with Gasteiger partial charge in [-0.2, -0.15) is 8.78 Å². The van der Waals surface area contributed by atoms with Crippen LogP contribution in [0.5, 0.6) is 5.75 Å². The van der Waals surface area contributed by atoms with Crippen molar-refractivity contribution in [3.63, 3.8) is 0 Å². The van der Waals surface area contributed by atoms with Crippen molar-refractivity contribution < 1.29 is 18.3 Å². The lowest BCUT2D eigenvalue weighted by Gasteiger charge is -2.35. The van der Waals surface area contributed by atoms with Gasteiger partial charge in [-0.05, 0) is 56.2 Å². The van der Waals surface area contributed by atoms with E-state index >= 15 is 0 Å². The van der Waals surface area contributed by atoms with Gasteiger partial charge in [0.15, 0.2) is 0 Å². The highest BCUT2D eigenvalue weighted by molar-refractivity contribution is 5.93. The molecule has 0 saturated carbocycles. The summed E-state index contributed by atoms with van der Waals surface area (Å²) >= 11 is 0. The number of halogens is 2. The average Bonchev–Trinajstić information content (AvgIpc) is 2.69. The molecule has 8 heteroatoms. The Morgan fingerprint density at radius 3 is 2.71 bits per heavy atom. The van der Waals surface area contributed by atoms with Gasteiger partial charge in [0.1, 0.15) is 11.6 Å². The van der Waals surface area contributed by atoms with Crippen molar-refractivity contribution in [3.8, 4) is 5.75 Å². The van der Waals surface area contributed by atoms with Gasteiger partial charge in [-0.25, -0.2) is 4.98 Å². The van der Waals surface area contributed by atoms with Crippen molar-refractivity contribution in [2.24, 2.45) is 0 Å².